The fourth-order valence-electron chi connectivity index (χ4n) is 2.73. The minimum Gasteiger partial charge on any atom is -0.357 e. The summed E-state index contributed by atoms with van der Waals surface area (Å²) >= 11 is 0. The van der Waals surface area contributed by atoms with E-state index in [0.717, 1.165) is 36.8 Å². The topological polar surface area (TPSA) is 53.7 Å². The number of pyridine rings is 1. The summed E-state index contributed by atoms with van der Waals surface area (Å²) in [6, 6.07) is 14.4. The predicted molar refractivity (Wildman–Crippen MR) is 118 cm³/mol. The van der Waals surface area contributed by atoms with Gasteiger partial charge in [0, 0.05) is 31.9 Å². The van der Waals surface area contributed by atoms with Gasteiger partial charge in [0.25, 0.3) is 0 Å². The van der Waals surface area contributed by atoms with E-state index in [4.69, 9.17) is 4.98 Å². The van der Waals surface area contributed by atoms with E-state index >= 15 is 0 Å². The molecule has 3 aromatic rings. The number of imidazole rings is 1. The van der Waals surface area contributed by atoms with E-state index in [0.29, 0.717) is 6.54 Å². The van der Waals surface area contributed by atoms with E-state index in [9.17, 15) is 0 Å². The van der Waals surface area contributed by atoms with E-state index in [1.54, 1.807) is 0 Å². The Morgan fingerprint density at radius 3 is 2.65 bits per heavy atom. The van der Waals surface area contributed by atoms with Crippen molar-refractivity contribution in [3.8, 4) is 0 Å². The molecule has 0 radical (unpaired) electrons. The van der Waals surface area contributed by atoms with Gasteiger partial charge in [-0.15, -0.1) is 24.0 Å². The molecule has 3 rings (SSSR count). The molecule has 0 saturated carbocycles. The van der Waals surface area contributed by atoms with Crippen molar-refractivity contribution in [3.05, 3.63) is 71.7 Å². The molecule has 0 unspecified atom stereocenters. The first-order valence-corrected chi connectivity index (χ1v) is 8.75. The zero-order chi connectivity index (χ0) is 17.5. The number of hydrogen-bond donors (Lipinski definition) is 2. The van der Waals surface area contributed by atoms with Gasteiger partial charge in [-0.3, -0.25) is 0 Å². The molecule has 0 bridgehead atoms. The van der Waals surface area contributed by atoms with Crippen LogP contribution in [-0.4, -0.2) is 28.4 Å². The molecule has 2 N–H and O–H groups in total. The van der Waals surface area contributed by atoms with Crippen molar-refractivity contribution in [3.63, 3.8) is 0 Å². The number of aliphatic imine (C=N–C) groups is 1. The number of hydrogen-bond acceptors (Lipinski definition) is 2. The maximum atomic E-state index is 4.71. The lowest BCUT2D eigenvalue weighted by atomic mass is 10.2. The van der Waals surface area contributed by atoms with Crippen molar-refractivity contribution in [2.45, 2.75) is 26.8 Å². The maximum Gasteiger partial charge on any atom is 0.191 e. The zero-order valence-corrected chi connectivity index (χ0v) is 17.6. The Balaban J connectivity index is 0.00000243. The van der Waals surface area contributed by atoms with Crippen LogP contribution in [-0.2, 0) is 13.0 Å². The number of guanidine groups is 1. The molecule has 5 nitrogen and oxygen atoms in total. The van der Waals surface area contributed by atoms with Crippen LogP contribution in [0.3, 0.4) is 0 Å². The Morgan fingerprint density at radius 2 is 1.92 bits per heavy atom. The first-order chi connectivity index (χ1) is 12.3. The minimum atomic E-state index is 0. The van der Waals surface area contributed by atoms with Crippen molar-refractivity contribution in [2.24, 2.45) is 4.99 Å². The zero-order valence-electron chi connectivity index (χ0n) is 15.3. The Labute approximate surface area is 172 Å². The third-order valence-corrected chi connectivity index (χ3v) is 4.01. The van der Waals surface area contributed by atoms with Crippen LogP contribution >= 0.6 is 24.0 Å². The average molecular weight is 463 g/mol. The standard InChI is InChI=1S/C20H25N5.HI/c1-3-21-20(23-14-17-9-5-4-6-10-17)22-12-11-18-15-25-13-7-8-16(2)19(25)24-18;/h4-10,13,15H,3,11-12,14H2,1-2H3,(H2,21,22,23);1H. The summed E-state index contributed by atoms with van der Waals surface area (Å²) in [6.45, 7) is 6.47. The lowest BCUT2D eigenvalue weighted by molar-refractivity contribution is 0.791. The number of aryl methyl sites for hydroxylation is 1. The quantitative estimate of drug-likeness (QED) is 0.334. The highest BCUT2D eigenvalue weighted by molar-refractivity contribution is 14.0. The van der Waals surface area contributed by atoms with Gasteiger partial charge in [-0.05, 0) is 31.0 Å². The predicted octanol–water partition coefficient (Wildman–Crippen LogP) is 3.56. The lowest BCUT2D eigenvalue weighted by Crippen LogP contribution is -2.38. The summed E-state index contributed by atoms with van der Waals surface area (Å²) in [5.41, 5.74) is 4.51. The molecule has 26 heavy (non-hydrogen) atoms. The number of nitrogens with one attached hydrogen (secondary N) is 2. The Kier molecular flexibility index (Phi) is 7.90. The van der Waals surface area contributed by atoms with E-state index in [1.807, 2.05) is 30.5 Å². The van der Waals surface area contributed by atoms with Gasteiger partial charge in [-0.2, -0.15) is 0 Å². The van der Waals surface area contributed by atoms with Crippen LogP contribution in [0.2, 0.25) is 0 Å². The second-order valence-corrected chi connectivity index (χ2v) is 6.01. The number of aromatic nitrogens is 2. The van der Waals surface area contributed by atoms with Gasteiger partial charge >= 0.3 is 0 Å². The van der Waals surface area contributed by atoms with Gasteiger partial charge in [0.15, 0.2) is 5.96 Å². The molecule has 0 aliphatic rings. The van der Waals surface area contributed by atoms with Crippen molar-refractivity contribution >= 4 is 35.6 Å². The van der Waals surface area contributed by atoms with Crippen molar-refractivity contribution < 1.29 is 0 Å². The number of nitrogens with zero attached hydrogens (tertiary/aromatic N) is 3. The molecule has 0 aliphatic carbocycles. The monoisotopic (exact) mass is 463 g/mol. The van der Waals surface area contributed by atoms with Gasteiger partial charge in [-0.25, -0.2) is 9.98 Å². The molecular formula is C20H26IN5. The van der Waals surface area contributed by atoms with Crippen LogP contribution in [0.1, 0.15) is 23.7 Å². The Hall–Kier alpha value is -2.09. The molecule has 6 heteroatoms. The summed E-state index contributed by atoms with van der Waals surface area (Å²) in [7, 11) is 0. The fourth-order valence-corrected chi connectivity index (χ4v) is 2.73. The average Bonchev–Trinajstić information content (AvgIpc) is 3.05. The first kappa shape index (κ1) is 20.2. The van der Waals surface area contributed by atoms with Crippen molar-refractivity contribution in [1.82, 2.24) is 20.0 Å². The number of rotatable bonds is 6. The summed E-state index contributed by atoms with van der Waals surface area (Å²) in [4.78, 5) is 9.35. The maximum absolute atomic E-state index is 4.71. The third-order valence-electron chi connectivity index (χ3n) is 4.01. The van der Waals surface area contributed by atoms with Crippen LogP contribution < -0.4 is 10.6 Å². The molecular weight excluding hydrogens is 437 g/mol. The highest BCUT2D eigenvalue weighted by Crippen LogP contribution is 2.10. The fraction of sp³-hybridized carbons (Fsp3) is 0.300. The van der Waals surface area contributed by atoms with Gasteiger partial charge < -0.3 is 15.0 Å². The number of benzene rings is 1. The molecule has 0 amide bonds. The Morgan fingerprint density at radius 1 is 1.12 bits per heavy atom. The molecule has 2 aromatic heterocycles. The first-order valence-electron chi connectivity index (χ1n) is 8.75. The van der Waals surface area contributed by atoms with Crippen LogP contribution in [0.4, 0.5) is 0 Å². The SMILES string of the molecule is CCNC(=NCc1ccccc1)NCCc1cn2cccc(C)c2n1.I. The third kappa shape index (κ3) is 5.45. The van der Waals surface area contributed by atoms with Crippen molar-refractivity contribution in [1.29, 1.82) is 0 Å². The smallest absolute Gasteiger partial charge is 0.191 e. The van der Waals surface area contributed by atoms with Gasteiger partial charge in [0.1, 0.15) is 5.65 Å². The molecule has 0 saturated heterocycles. The van der Waals surface area contributed by atoms with Crippen LogP contribution in [0.25, 0.3) is 5.65 Å². The lowest BCUT2D eigenvalue weighted by Gasteiger charge is -2.10. The van der Waals surface area contributed by atoms with Crippen LogP contribution in [0.5, 0.6) is 0 Å². The highest BCUT2D eigenvalue weighted by Gasteiger charge is 2.04. The molecule has 2 heterocycles. The van der Waals surface area contributed by atoms with Crippen LogP contribution in [0.15, 0.2) is 59.9 Å². The van der Waals surface area contributed by atoms with Gasteiger partial charge in [0.05, 0.1) is 12.2 Å². The minimum absolute atomic E-state index is 0. The second-order valence-electron chi connectivity index (χ2n) is 6.01. The summed E-state index contributed by atoms with van der Waals surface area (Å²) in [5.74, 6) is 0.839. The highest BCUT2D eigenvalue weighted by atomic mass is 127. The van der Waals surface area contributed by atoms with Crippen LogP contribution in [0, 0.1) is 6.92 Å². The van der Waals surface area contributed by atoms with E-state index < -0.39 is 0 Å². The normalized spacial score (nSPS) is 11.2. The largest absolute Gasteiger partial charge is 0.357 e. The molecule has 0 spiro atoms. The summed E-state index contributed by atoms with van der Waals surface area (Å²) in [6.07, 6.45) is 4.99. The molecule has 0 fully saturated rings. The summed E-state index contributed by atoms with van der Waals surface area (Å²) < 4.78 is 2.08. The van der Waals surface area contributed by atoms with E-state index in [-0.39, 0.29) is 24.0 Å². The molecule has 1 aromatic carbocycles. The molecule has 138 valence electrons. The summed E-state index contributed by atoms with van der Waals surface area (Å²) in [5, 5.41) is 6.68. The number of fused-ring (bicyclic) bond motifs is 1. The van der Waals surface area contributed by atoms with Gasteiger partial charge in [0.2, 0.25) is 0 Å². The second kappa shape index (κ2) is 10.2. The van der Waals surface area contributed by atoms with E-state index in [2.05, 4.69) is 58.3 Å². The van der Waals surface area contributed by atoms with E-state index in [1.165, 1.54) is 11.1 Å². The molecule has 0 aliphatic heterocycles. The number of halogens is 1. The van der Waals surface area contributed by atoms with Gasteiger partial charge in [-0.1, -0.05) is 36.4 Å². The Bertz CT molecular complexity index is 842. The van der Waals surface area contributed by atoms with Crippen molar-refractivity contribution in [2.75, 3.05) is 13.1 Å². The molecule has 0 atom stereocenters.